The zero-order valence-electron chi connectivity index (χ0n) is 14.3. The van der Waals surface area contributed by atoms with Gasteiger partial charge in [0, 0.05) is 6.54 Å². The lowest BCUT2D eigenvalue weighted by Gasteiger charge is -2.10. The minimum Gasteiger partial charge on any atom is -0.493 e. The molecule has 2 rings (SSSR count). The maximum absolute atomic E-state index is 12.2. The Hall–Kier alpha value is -2.76. The minimum atomic E-state index is -0.113. The van der Waals surface area contributed by atoms with Crippen molar-refractivity contribution in [2.24, 2.45) is 0 Å². The van der Waals surface area contributed by atoms with Crippen LogP contribution >= 0.6 is 0 Å². The third-order valence-electron chi connectivity index (χ3n) is 3.42. The van der Waals surface area contributed by atoms with Crippen LogP contribution < -0.4 is 20.1 Å². The van der Waals surface area contributed by atoms with Crippen LogP contribution in [0.1, 0.15) is 18.9 Å². The van der Waals surface area contributed by atoms with Crippen LogP contribution in [0.15, 0.2) is 36.5 Å². The van der Waals surface area contributed by atoms with E-state index in [1.54, 1.807) is 32.5 Å². The summed E-state index contributed by atoms with van der Waals surface area (Å²) in [5, 5.41) is 6.03. The van der Waals surface area contributed by atoms with Crippen LogP contribution in [0.4, 0.5) is 11.5 Å². The van der Waals surface area contributed by atoms with Gasteiger partial charge in [0.15, 0.2) is 11.5 Å². The number of nitrogens with zero attached hydrogens (tertiary/aromatic N) is 1. The van der Waals surface area contributed by atoms with Gasteiger partial charge in [-0.25, -0.2) is 4.98 Å². The number of anilines is 2. The van der Waals surface area contributed by atoms with Crippen molar-refractivity contribution in [1.29, 1.82) is 0 Å². The van der Waals surface area contributed by atoms with E-state index in [0.29, 0.717) is 17.2 Å². The zero-order valence-corrected chi connectivity index (χ0v) is 14.3. The highest BCUT2D eigenvalue weighted by Gasteiger charge is 2.09. The van der Waals surface area contributed by atoms with E-state index >= 15 is 0 Å². The first kappa shape index (κ1) is 17.6. The van der Waals surface area contributed by atoms with Crippen molar-refractivity contribution in [2.45, 2.75) is 19.8 Å². The topological polar surface area (TPSA) is 72.5 Å². The molecule has 0 aliphatic heterocycles. The Kier molecular flexibility index (Phi) is 6.42. The summed E-state index contributed by atoms with van der Waals surface area (Å²) in [4.78, 5) is 16.4. The summed E-state index contributed by atoms with van der Waals surface area (Å²) >= 11 is 0. The molecule has 6 nitrogen and oxygen atoms in total. The van der Waals surface area contributed by atoms with Crippen LogP contribution in [-0.4, -0.2) is 31.7 Å². The molecule has 1 amide bonds. The Bertz CT molecular complexity index is 672. The number of aromatic nitrogens is 1. The van der Waals surface area contributed by atoms with Gasteiger partial charge < -0.3 is 20.1 Å². The molecule has 0 unspecified atom stereocenters. The van der Waals surface area contributed by atoms with E-state index in [2.05, 4.69) is 22.5 Å². The number of benzene rings is 1. The molecule has 0 aliphatic carbocycles. The maximum atomic E-state index is 12.2. The number of hydrogen-bond acceptors (Lipinski definition) is 5. The predicted molar refractivity (Wildman–Crippen MR) is 94.9 cm³/mol. The van der Waals surface area contributed by atoms with Gasteiger partial charge in [0.1, 0.15) is 5.82 Å². The summed E-state index contributed by atoms with van der Waals surface area (Å²) in [5.41, 5.74) is 1.52. The average Bonchev–Trinajstić information content (AvgIpc) is 2.61. The summed E-state index contributed by atoms with van der Waals surface area (Å²) in [6.07, 6.45) is 2.92. The van der Waals surface area contributed by atoms with Crippen LogP contribution in [0.2, 0.25) is 0 Å². The highest BCUT2D eigenvalue weighted by atomic mass is 16.5. The lowest BCUT2D eigenvalue weighted by Crippen LogP contribution is -2.14. The van der Waals surface area contributed by atoms with E-state index in [0.717, 1.165) is 24.3 Å². The number of carbonyl (C=O) groups is 1. The van der Waals surface area contributed by atoms with Crippen molar-refractivity contribution in [2.75, 3.05) is 31.4 Å². The number of hydrogen-bond donors (Lipinski definition) is 2. The van der Waals surface area contributed by atoms with Crippen molar-refractivity contribution < 1.29 is 14.3 Å². The fraction of sp³-hybridized carbons (Fsp3) is 0.333. The van der Waals surface area contributed by atoms with Gasteiger partial charge in [-0.1, -0.05) is 13.0 Å². The van der Waals surface area contributed by atoms with Gasteiger partial charge in [-0.15, -0.1) is 0 Å². The fourth-order valence-electron chi connectivity index (χ4n) is 2.21. The molecule has 0 aliphatic rings. The molecule has 6 heteroatoms. The number of nitrogens with one attached hydrogen (secondary N) is 2. The Morgan fingerprint density at radius 2 is 1.92 bits per heavy atom. The van der Waals surface area contributed by atoms with Gasteiger partial charge in [0.25, 0.3) is 0 Å². The van der Waals surface area contributed by atoms with Crippen LogP contribution in [0.3, 0.4) is 0 Å². The first-order valence-electron chi connectivity index (χ1n) is 7.87. The van der Waals surface area contributed by atoms with Crippen molar-refractivity contribution in [3.05, 3.63) is 42.1 Å². The molecular weight excluding hydrogens is 306 g/mol. The molecule has 1 heterocycles. The lowest BCUT2D eigenvalue weighted by molar-refractivity contribution is -0.115. The van der Waals surface area contributed by atoms with E-state index in [4.69, 9.17) is 9.47 Å². The molecule has 0 bridgehead atoms. The first-order chi connectivity index (χ1) is 11.7. The molecule has 0 radical (unpaired) electrons. The summed E-state index contributed by atoms with van der Waals surface area (Å²) in [6, 6.07) is 9.11. The maximum Gasteiger partial charge on any atom is 0.228 e. The molecule has 1 aromatic heterocycles. The van der Waals surface area contributed by atoms with Crippen LogP contribution in [-0.2, 0) is 11.2 Å². The largest absolute Gasteiger partial charge is 0.493 e. The monoisotopic (exact) mass is 329 g/mol. The van der Waals surface area contributed by atoms with Crippen LogP contribution in [0.5, 0.6) is 11.5 Å². The molecule has 0 atom stereocenters. The van der Waals surface area contributed by atoms with Crippen molar-refractivity contribution in [3.8, 4) is 11.5 Å². The summed E-state index contributed by atoms with van der Waals surface area (Å²) in [6.45, 7) is 2.97. The standard InChI is InChI=1S/C18H23N3O3/c1-4-9-19-17-8-6-14(12-20-17)21-18(22)11-13-5-7-15(23-2)16(10-13)24-3/h5-8,10,12H,4,9,11H2,1-3H3,(H,19,20)(H,21,22). The predicted octanol–water partition coefficient (Wildman–Crippen LogP) is 3.10. The molecule has 2 N–H and O–H groups in total. The number of ether oxygens (including phenoxy) is 2. The molecule has 24 heavy (non-hydrogen) atoms. The quantitative estimate of drug-likeness (QED) is 0.778. The van der Waals surface area contributed by atoms with Crippen LogP contribution in [0, 0.1) is 0 Å². The fourth-order valence-corrected chi connectivity index (χ4v) is 2.21. The molecule has 0 spiro atoms. The Morgan fingerprint density at radius 1 is 1.12 bits per heavy atom. The number of carbonyl (C=O) groups excluding carboxylic acids is 1. The number of methoxy groups -OCH3 is 2. The van der Waals surface area contributed by atoms with Gasteiger partial charge in [-0.3, -0.25) is 4.79 Å². The lowest BCUT2D eigenvalue weighted by atomic mass is 10.1. The summed E-state index contributed by atoms with van der Waals surface area (Å²) in [7, 11) is 3.15. The molecule has 2 aromatic rings. The van der Waals surface area contributed by atoms with E-state index in [1.807, 2.05) is 18.2 Å². The van der Waals surface area contributed by atoms with Crippen molar-refractivity contribution in [3.63, 3.8) is 0 Å². The molecule has 128 valence electrons. The Balaban J connectivity index is 1.95. The summed E-state index contributed by atoms with van der Waals surface area (Å²) < 4.78 is 10.4. The second-order valence-electron chi connectivity index (χ2n) is 5.27. The third-order valence-corrected chi connectivity index (χ3v) is 3.42. The first-order valence-corrected chi connectivity index (χ1v) is 7.87. The Labute approximate surface area is 142 Å². The van der Waals surface area contributed by atoms with E-state index in [-0.39, 0.29) is 12.3 Å². The van der Waals surface area contributed by atoms with Crippen LogP contribution in [0.25, 0.3) is 0 Å². The number of amides is 1. The van der Waals surface area contributed by atoms with Gasteiger partial charge in [0.05, 0.1) is 32.5 Å². The van der Waals surface area contributed by atoms with Gasteiger partial charge in [-0.2, -0.15) is 0 Å². The second kappa shape index (κ2) is 8.76. The highest BCUT2D eigenvalue weighted by Crippen LogP contribution is 2.27. The normalized spacial score (nSPS) is 10.1. The van der Waals surface area contributed by atoms with E-state index < -0.39 is 0 Å². The second-order valence-corrected chi connectivity index (χ2v) is 5.27. The van der Waals surface area contributed by atoms with Crippen molar-refractivity contribution in [1.82, 2.24) is 4.98 Å². The van der Waals surface area contributed by atoms with E-state index in [1.165, 1.54) is 0 Å². The molecule has 0 saturated heterocycles. The molecule has 0 saturated carbocycles. The molecular formula is C18H23N3O3. The summed E-state index contributed by atoms with van der Waals surface area (Å²) in [5.74, 6) is 1.94. The smallest absolute Gasteiger partial charge is 0.228 e. The SMILES string of the molecule is CCCNc1ccc(NC(=O)Cc2ccc(OC)c(OC)c2)cn1. The molecule has 1 aromatic carbocycles. The zero-order chi connectivity index (χ0) is 17.4. The third kappa shape index (κ3) is 4.87. The van der Waals surface area contributed by atoms with Crippen molar-refractivity contribution >= 4 is 17.4 Å². The molecule has 0 fully saturated rings. The minimum absolute atomic E-state index is 0.113. The average molecular weight is 329 g/mol. The van der Waals surface area contributed by atoms with Gasteiger partial charge >= 0.3 is 0 Å². The Morgan fingerprint density at radius 3 is 2.54 bits per heavy atom. The number of pyridine rings is 1. The van der Waals surface area contributed by atoms with Gasteiger partial charge in [-0.05, 0) is 36.2 Å². The number of rotatable bonds is 8. The highest BCUT2D eigenvalue weighted by molar-refractivity contribution is 5.92. The van der Waals surface area contributed by atoms with E-state index in [9.17, 15) is 4.79 Å². The van der Waals surface area contributed by atoms with Gasteiger partial charge in [0.2, 0.25) is 5.91 Å².